The first-order valence-corrected chi connectivity index (χ1v) is 29.1. The number of nitrogens with zero attached hydrogens (tertiary/aromatic N) is 4. The Morgan fingerprint density at radius 3 is 1.94 bits per heavy atom. The Labute approximate surface area is 469 Å². The van der Waals surface area contributed by atoms with E-state index in [4.69, 9.17) is 32.6 Å². The summed E-state index contributed by atoms with van der Waals surface area (Å²) in [5.74, 6) is 1.06. The molecule has 19 nitrogen and oxygen atoms in total. The molecule has 2 heterocycles. The van der Waals surface area contributed by atoms with Crippen LogP contribution in [0.15, 0.2) is 161 Å². The number of esters is 2. The molecule has 2 N–H and O–H groups in total. The molecule has 8 aromatic rings. The van der Waals surface area contributed by atoms with E-state index in [0.717, 1.165) is 22.5 Å². The Morgan fingerprint density at radius 2 is 1.34 bits per heavy atom. The quantitative estimate of drug-likeness (QED) is 0.0280. The van der Waals surface area contributed by atoms with Gasteiger partial charge in [-0.05, 0) is 108 Å². The second kappa shape index (κ2) is 26.0. The summed E-state index contributed by atoms with van der Waals surface area (Å²) in [5, 5.41) is 12.2. The van der Waals surface area contributed by atoms with E-state index in [-0.39, 0.29) is 40.8 Å². The summed E-state index contributed by atoms with van der Waals surface area (Å²) in [6, 6.07) is 41.2. The van der Waals surface area contributed by atoms with Crippen molar-refractivity contribution in [1.82, 2.24) is 30.0 Å². The predicted molar refractivity (Wildman–Crippen MR) is 300 cm³/mol. The van der Waals surface area contributed by atoms with Gasteiger partial charge in [0.1, 0.15) is 60.1 Å². The van der Waals surface area contributed by atoms with Gasteiger partial charge in [-0.25, -0.2) is 18.1 Å². The maximum atomic E-state index is 14.7. The number of rotatable bonds is 27. The molecule has 6 aromatic carbocycles. The average molecular weight is 1150 g/mol. The van der Waals surface area contributed by atoms with Crippen LogP contribution in [-0.2, 0) is 62.0 Å². The van der Waals surface area contributed by atoms with E-state index in [2.05, 4.69) is 25.3 Å². The molecule has 0 spiro atoms. The Morgan fingerprint density at radius 1 is 0.725 bits per heavy atom. The normalized spacial score (nSPS) is 13.1. The van der Waals surface area contributed by atoms with Crippen molar-refractivity contribution in [2.24, 2.45) is 5.92 Å². The molecule has 0 fully saturated rings. The SMILES string of the molecule is COC(=O)C(Cc1ccc(OC[C@@H](COS(=O)(=O)c2ccc(C)cc2)OC(C)=O)cc1)NC[C@H](C(C)C)n1cc(COc2ccc3nc(S(=O)(=O)NC(c4ccccc4)(c4ccc(OC)cc4)c4ccc(OC)cc4)sc3c2)nn1. The molecule has 0 amide bonds. The van der Waals surface area contributed by atoms with Crippen molar-refractivity contribution in [3.05, 3.63) is 185 Å². The van der Waals surface area contributed by atoms with Crippen LogP contribution in [0.3, 0.4) is 0 Å². The first kappa shape index (κ1) is 58.4. The second-order valence-corrected chi connectivity index (χ2v) is 23.5. The van der Waals surface area contributed by atoms with Gasteiger partial charge < -0.3 is 33.7 Å². The molecule has 0 aliphatic rings. The van der Waals surface area contributed by atoms with Crippen LogP contribution in [0.5, 0.6) is 23.0 Å². The van der Waals surface area contributed by atoms with Crippen molar-refractivity contribution in [2.75, 3.05) is 41.1 Å². The minimum atomic E-state index is -4.32. The van der Waals surface area contributed by atoms with Crippen molar-refractivity contribution in [1.29, 1.82) is 0 Å². The van der Waals surface area contributed by atoms with Crippen LogP contribution in [0.4, 0.5) is 0 Å². The van der Waals surface area contributed by atoms with Crippen molar-refractivity contribution in [2.45, 2.75) is 73.7 Å². The molecule has 0 bridgehead atoms. The lowest BCUT2D eigenvalue weighted by molar-refractivity contribution is -0.149. The highest BCUT2D eigenvalue weighted by atomic mass is 32.2. The Balaban J connectivity index is 0.901. The monoisotopic (exact) mass is 1150 g/mol. The molecule has 0 radical (unpaired) electrons. The van der Waals surface area contributed by atoms with Crippen LogP contribution < -0.4 is 29.0 Å². The van der Waals surface area contributed by atoms with Crippen LogP contribution in [0, 0.1) is 12.8 Å². The van der Waals surface area contributed by atoms with E-state index in [1.54, 1.807) is 104 Å². The molecular weight excluding hydrogens is 1080 g/mol. The van der Waals surface area contributed by atoms with Gasteiger partial charge in [0.15, 0.2) is 6.10 Å². The fraction of sp³-hybridized carbons (Fsp3) is 0.293. The standard InChI is InChI=1S/C58H62N6O13S3/c1-38(2)54(33-59-53(56(66)73-7)31-41-15-21-48(22-16-41)75-36-50(77-40(4)65)37-76-80(69,70)51-28-13-39(3)14-29-51)64-34-45(61-63-64)35-74-49-27-30-52-55(32-49)78-57(60-52)79(67,68)62-58(42-11-9-8-10-12-42,43-17-23-46(71-5)24-18-43)44-19-25-47(72-6)26-20-44/h8-30,32,34,38,50,53-54,59,62H,31,33,35-37H2,1-7H3/t50-,53?,54+/m0/s1. The number of sulfonamides is 1. The van der Waals surface area contributed by atoms with Crippen LogP contribution >= 0.6 is 11.3 Å². The fourth-order valence-electron chi connectivity index (χ4n) is 8.79. The summed E-state index contributed by atoms with van der Waals surface area (Å²) >= 11 is 1.02. The maximum Gasteiger partial charge on any atom is 0.323 e. The number of fused-ring (bicyclic) bond motifs is 1. The highest BCUT2D eigenvalue weighted by molar-refractivity contribution is 7.91. The van der Waals surface area contributed by atoms with Crippen LogP contribution in [-0.4, -0.2) is 102 Å². The second-order valence-electron chi connectivity index (χ2n) is 19.0. The summed E-state index contributed by atoms with van der Waals surface area (Å²) in [6.07, 6.45) is 1.03. The first-order chi connectivity index (χ1) is 38.4. The van der Waals surface area contributed by atoms with Gasteiger partial charge in [-0.1, -0.05) is 103 Å². The van der Waals surface area contributed by atoms with E-state index in [0.29, 0.717) is 62.1 Å². The third kappa shape index (κ3) is 14.4. The third-order valence-corrected chi connectivity index (χ3v) is 17.2. The lowest BCUT2D eigenvalue weighted by Gasteiger charge is -2.36. The average Bonchev–Trinajstić information content (AvgIpc) is 4.13. The maximum absolute atomic E-state index is 14.7. The van der Waals surface area contributed by atoms with Gasteiger partial charge in [-0.15, -0.1) is 16.4 Å². The highest BCUT2D eigenvalue weighted by Gasteiger charge is 2.42. The molecule has 8 rings (SSSR count). The number of thiazole rings is 1. The molecule has 1 unspecified atom stereocenters. The summed E-state index contributed by atoms with van der Waals surface area (Å²) in [4.78, 5) is 29.5. The van der Waals surface area contributed by atoms with E-state index >= 15 is 0 Å². The smallest absolute Gasteiger partial charge is 0.323 e. The number of ether oxygens (including phenoxy) is 6. The van der Waals surface area contributed by atoms with Gasteiger partial charge in [-0.2, -0.15) is 13.1 Å². The van der Waals surface area contributed by atoms with E-state index in [1.165, 1.54) is 26.2 Å². The molecular formula is C58H62N6O13S3. The molecule has 80 heavy (non-hydrogen) atoms. The van der Waals surface area contributed by atoms with Gasteiger partial charge in [-0.3, -0.25) is 13.8 Å². The van der Waals surface area contributed by atoms with Crippen LogP contribution in [0.1, 0.15) is 60.3 Å². The molecule has 0 aliphatic carbocycles. The number of nitrogens with one attached hydrogen (secondary N) is 2. The number of methoxy groups -OCH3 is 3. The number of hydrogen-bond acceptors (Lipinski definition) is 18. The Kier molecular flexibility index (Phi) is 19.0. The van der Waals surface area contributed by atoms with E-state index in [1.807, 2.05) is 75.4 Å². The summed E-state index contributed by atoms with van der Waals surface area (Å²) in [6.45, 7) is 6.85. The van der Waals surface area contributed by atoms with Crippen molar-refractivity contribution in [3.8, 4) is 23.0 Å². The largest absolute Gasteiger partial charge is 0.497 e. The zero-order chi connectivity index (χ0) is 57.0. The van der Waals surface area contributed by atoms with Gasteiger partial charge in [0, 0.05) is 13.5 Å². The van der Waals surface area contributed by atoms with Crippen molar-refractivity contribution < 1.29 is 59.0 Å². The number of hydrogen-bond donors (Lipinski definition) is 2. The number of aryl methyl sites for hydroxylation is 1. The van der Waals surface area contributed by atoms with Crippen LogP contribution in [0.2, 0.25) is 0 Å². The number of aromatic nitrogens is 4. The van der Waals surface area contributed by atoms with Crippen LogP contribution in [0.25, 0.3) is 10.2 Å². The minimum absolute atomic E-state index is 0.0243. The predicted octanol–water partition coefficient (Wildman–Crippen LogP) is 8.35. The lowest BCUT2D eigenvalue weighted by Crippen LogP contribution is -2.47. The topological polar surface area (TPSA) is 235 Å². The summed E-state index contributed by atoms with van der Waals surface area (Å²) in [5.41, 5.74) is 3.25. The molecule has 0 saturated carbocycles. The minimum Gasteiger partial charge on any atom is -0.497 e. The lowest BCUT2D eigenvalue weighted by atomic mass is 9.78. The molecule has 2 aromatic heterocycles. The summed E-state index contributed by atoms with van der Waals surface area (Å²) in [7, 11) is -3.97. The first-order valence-electron chi connectivity index (χ1n) is 25.4. The molecule has 0 aliphatic heterocycles. The fourth-order valence-corrected chi connectivity index (χ4v) is 12.4. The molecule has 420 valence electrons. The third-order valence-electron chi connectivity index (χ3n) is 13.1. The Hall–Kier alpha value is -7.73. The van der Waals surface area contributed by atoms with Crippen molar-refractivity contribution in [3.63, 3.8) is 0 Å². The van der Waals surface area contributed by atoms with Crippen molar-refractivity contribution >= 4 is 53.6 Å². The zero-order valence-corrected chi connectivity index (χ0v) is 47.5. The van der Waals surface area contributed by atoms with Gasteiger partial charge in [0.05, 0.1) is 48.7 Å². The number of benzene rings is 6. The summed E-state index contributed by atoms with van der Waals surface area (Å²) < 4.78 is 98.8. The Bertz CT molecular complexity index is 3530. The molecule has 22 heteroatoms. The van der Waals surface area contributed by atoms with Gasteiger partial charge in [0.2, 0.25) is 4.34 Å². The molecule has 3 atom stereocenters. The zero-order valence-electron chi connectivity index (χ0n) is 45.1. The van der Waals surface area contributed by atoms with Gasteiger partial charge in [0.25, 0.3) is 20.1 Å². The number of carbonyl (C=O) groups is 2. The molecule has 0 saturated heterocycles. The van der Waals surface area contributed by atoms with Gasteiger partial charge >= 0.3 is 11.9 Å². The highest BCUT2D eigenvalue weighted by Crippen LogP contribution is 2.41. The number of carbonyl (C=O) groups excluding carboxylic acids is 2. The van der Waals surface area contributed by atoms with E-state index < -0.39 is 56.4 Å². The van der Waals surface area contributed by atoms with E-state index in [9.17, 15) is 26.4 Å².